The summed E-state index contributed by atoms with van der Waals surface area (Å²) in [6, 6.07) is 6.88. The Kier molecular flexibility index (Phi) is 5.69. The van der Waals surface area contributed by atoms with Crippen LogP contribution < -0.4 is 0 Å². The number of rotatable bonds is 5. The SMILES string of the molecule is CN(C)C(=O)COC(=O)c1ccccc1S[C@@H]1CCS(=O)(=O)C1. The van der Waals surface area contributed by atoms with E-state index in [-0.39, 0.29) is 29.3 Å². The predicted octanol–water partition coefficient (Wildman–Crippen LogP) is 1.21. The third-order valence-electron chi connectivity index (χ3n) is 3.42. The number of thioether (sulfide) groups is 1. The summed E-state index contributed by atoms with van der Waals surface area (Å²) in [5.41, 5.74) is 0.355. The molecular weight excluding hydrogens is 338 g/mol. The molecule has 1 amide bonds. The molecule has 0 bridgehead atoms. The molecule has 126 valence electrons. The van der Waals surface area contributed by atoms with E-state index in [1.165, 1.54) is 16.7 Å². The zero-order valence-electron chi connectivity index (χ0n) is 13.0. The van der Waals surface area contributed by atoms with E-state index in [2.05, 4.69) is 0 Å². The molecule has 1 fully saturated rings. The first-order chi connectivity index (χ1) is 10.8. The van der Waals surface area contributed by atoms with Crippen molar-refractivity contribution in [1.29, 1.82) is 0 Å². The van der Waals surface area contributed by atoms with Gasteiger partial charge in [0.1, 0.15) is 0 Å². The lowest BCUT2D eigenvalue weighted by molar-refractivity contribution is -0.131. The van der Waals surface area contributed by atoms with Gasteiger partial charge in [-0.15, -0.1) is 11.8 Å². The van der Waals surface area contributed by atoms with E-state index in [1.54, 1.807) is 38.4 Å². The number of esters is 1. The van der Waals surface area contributed by atoms with Gasteiger partial charge in [-0.05, 0) is 18.6 Å². The largest absolute Gasteiger partial charge is 0.452 e. The predicted molar refractivity (Wildman–Crippen MR) is 88.3 cm³/mol. The van der Waals surface area contributed by atoms with E-state index >= 15 is 0 Å². The Labute approximate surface area is 140 Å². The van der Waals surface area contributed by atoms with Gasteiger partial charge < -0.3 is 9.64 Å². The van der Waals surface area contributed by atoms with Gasteiger partial charge in [0.25, 0.3) is 5.91 Å². The minimum atomic E-state index is -2.97. The van der Waals surface area contributed by atoms with Gasteiger partial charge in [0.2, 0.25) is 0 Å². The molecule has 0 aromatic heterocycles. The maximum Gasteiger partial charge on any atom is 0.339 e. The number of carbonyl (C=O) groups is 2. The summed E-state index contributed by atoms with van der Waals surface area (Å²) in [4.78, 5) is 25.7. The van der Waals surface area contributed by atoms with Crippen molar-refractivity contribution < 1.29 is 22.7 Å². The van der Waals surface area contributed by atoms with Crippen molar-refractivity contribution in [2.24, 2.45) is 0 Å². The summed E-state index contributed by atoms with van der Waals surface area (Å²) in [5.74, 6) is -0.566. The Bertz CT molecular complexity index is 700. The molecule has 1 aliphatic heterocycles. The molecule has 0 radical (unpaired) electrons. The highest BCUT2D eigenvalue weighted by Gasteiger charge is 2.29. The third-order valence-corrected chi connectivity index (χ3v) is 6.74. The van der Waals surface area contributed by atoms with Crippen LogP contribution >= 0.6 is 11.8 Å². The van der Waals surface area contributed by atoms with Crippen molar-refractivity contribution in [1.82, 2.24) is 4.90 Å². The summed E-state index contributed by atoms with van der Waals surface area (Å²) < 4.78 is 28.1. The van der Waals surface area contributed by atoms with Gasteiger partial charge in [-0.2, -0.15) is 0 Å². The molecule has 8 heteroatoms. The number of amides is 1. The number of hydrogen-bond donors (Lipinski definition) is 0. The molecule has 1 saturated heterocycles. The molecule has 1 aromatic carbocycles. The van der Waals surface area contributed by atoms with Crippen molar-refractivity contribution in [2.75, 3.05) is 32.2 Å². The summed E-state index contributed by atoms with van der Waals surface area (Å²) in [6.07, 6.45) is 0.579. The second-order valence-electron chi connectivity index (χ2n) is 5.50. The van der Waals surface area contributed by atoms with E-state index in [0.29, 0.717) is 16.9 Å². The second-order valence-corrected chi connectivity index (χ2v) is 9.07. The molecule has 0 spiro atoms. The Morgan fingerprint density at radius 2 is 2.00 bits per heavy atom. The van der Waals surface area contributed by atoms with Gasteiger partial charge >= 0.3 is 5.97 Å². The van der Waals surface area contributed by atoms with E-state index < -0.39 is 15.8 Å². The number of ether oxygens (including phenoxy) is 1. The van der Waals surface area contributed by atoms with Crippen LogP contribution in [0.25, 0.3) is 0 Å². The Morgan fingerprint density at radius 3 is 2.61 bits per heavy atom. The zero-order chi connectivity index (χ0) is 17.0. The Morgan fingerprint density at radius 1 is 1.30 bits per heavy atom. The first-order valence-corrected chi connectivity index (χ1v) is 9.82. The minimum absolute atomic E-state index is 0.0580. The number of hydrogen-bond acceptors (Lipinski definition) is 6. The van der Waals surface area contributed by atoms with E-state index in [1.807, 2.05) is 0 Å². The molecule has 1 aromatic rings. The van der Waals surface area contributed by atoms with Crippen LogP contribution in [0.1, 0.15) is 16.8 Å². The molecule has 0 N–H and O–H groups in total. The van der Waals surface area contributed by atoms with Crippen molar-refractivity contribution >= 4 is 33.5 Å². The summed E-state index contributed by atoms with van der Waals surface area (Å²) in [6.45, 7) is -0.317. The van der Waals surface area contributed by atoms with Crippen LogP contribution in [0.4, 0.5) is 0 Å². The summed E-state index contributed by atoms with van der Waals surface area (Å²) in [5, 5.41) is -0.0580. The molecule has 1 atom stereocenters. The lowest BCUT2D eigenvalue weighted by atomic mass is 10.2. The van der Waals surface area contributed by atoms with Crippen molar-refractivity contribution in [3.05, 3.63) is 29.8 Å². The lowest BCUT2D eigenvalue weighted by Crippen LogP contribution is -2.27. The maximum atomic E-state index is 12.2. The van der Waals surface area contributed by atoms with E-state index in [4.69, 9.17) is 4.74 Å². The van der Waals surface area contributed by atoms with Gasteiger partial charge in [-0.1, -0.05) is 12.1 Å². The molecule has 6 nitrogen and oxygen atoms in total. The molecule has 1 heterocycles. The second kappa shape index (κ2) is 7.35. The van der Waals surface area contributed by atoms with Gasteiger partial charge in [-0.25, -0.2) is 13.2 Å². The molecule has 0 saturated carbocycles. The summed E-state index contributed by atoms with van der Waals surface area (Å²) in [7, 11) is 0.201. The number of nitrogens with zero attached hydrogens (tertiary/aromatic N) is 1. The van der Waals surface area contributed by atoms with Crippen LogP contribution in [-0.4, -0.2) is 62.7 Å². The number of carbonyl (C=O) groups excluding carboxylic acids is 2. The quantitative estimate of drug-likeness (QED) is 0.737. The van der Waals surface area contributed by atoms with Crippen LogP contribution in [0.5, 0.6) is 0 Å². The minimum Gasteiger partial charge on any atom is -0.452 e. The van der Waals surface area contributed by atoms with Crippen molar-refractivity contribution in [3.8, 4) is 0 Å². The number of benzene rings is 1. The molecule has 0 unspecified atom stereocenters. The Hall–Kier alpha value is -1.54. The average molecular weight is 357 g/mol. The van der Waals surface area contributed by atoms with E-state index in [9.17, 15) is 18.0 Å². The molecule has 23 heavy (non-hydrogen) atoms. The highest BCUT2D eigenvalue weighted by molar-refractivity contribution is 8.02. The zero-order valence-corrected chi connectivity index (χ0v) is 14.7. The van der Waals surface area contributed by atoms with Crippen LogP contribution in [0.2, 0.25) is 0 Å². The molecule has 2 rings (SSSR count). The third kappa shape index (κ3) is 4.97. The van der Waals surface area contributed by atoms with Crippen LogP contribution in [0.15, 0.2) is 29.2 Å². The topological polar surface area (TPSA) is 80.8 Å². The first-order valence-electron chi connectivity index (χ1n) is 7.12. The first kappa shape index (κ1) is 17.8. The lowest BCUT2D eigenvalue weighted by Gasteiger charge is -2.13. The summed E-state index contributed by atoms with van der Waals surface area (Å²) >= 11 is 1.37. The van der Waals surface area contributed by atoms with Crippen molar-refractivity contribution in [2.45, 2.75) is 16.6 Å². The van der Waals surface area contributed by atoms with Crippen LogP contribution in [0.3, 0.4) is 0 Å². The van der Waals surface area contributed by atoms with Crippen LogP contribution in [0, 0.1) is 0 Å². The highest BCUT2D eigenvalue weighted by atomic mass is 32.2. The average Bonchev–Trinajstić information content (AvgIpc) is 2.83. The van der Waals surface area contributed by atoms with Gasteiger partial charge in [0.05, 0.1) is 17.1 Å². The molecular formula is C15H19NO5S2. The molecule has 1 aliphatic rings. The fraction of sp³-hybridized carbons (Fsp3) is 0.467. The standard InChI is InChI=1S/C15H19NO5S2/c1-16(2)14(17)9-21-15(18)12-5-3-4-6-13(12)22-11-7-8-23(19,20)10-11/h3-6,11H,7-10H2,1-2H3/t11-/m1/s1. The van der Waals surface area contributed by atoms with Crippen molar-refractivity contribution in [3.63, 3.8) is 0 Å². The van der Waals surface area contributed by atoms with Gasteiger partial charge in [0, 0.05) is 24.2 Å². The van der Waals surface area contributed by atoms with Crippen LogP contribution in [-0.2, 0) is 19.4 Å². The fourth-order valence-corrected chi connectivity index (χ4v) is 5.72. The number of sulfone groups is 1. The van der Waals surface area contributed by atoms with E-state index in [0.717, 1.165) is 0 Å². The fourth-order valence-electron chi connectivity index (χ4n) is 2.11. The normalized spacial score (nSPS) is 19.3. The highest BCUT2D eigenvalue weighted by Crippen LogP contribution is 2.33. The molecule has 0 aliphatic carbocycles. The van der Waals surface area contributed by atoms with Gasteiger partial charge in [0.15, 0.2) is 16.4 Å². The number of likely N-dealkylation sites (N-methyl/N-ethyl adjacent to an activating group) is 1. The Balaban J connectivity index is 2.05. The smallest absolute Gasteiger partial charge is 0.339 e. The maximum absolute atomic E-state index is 12.2. The van der Waals surface area contributed by atoms with Gasteiger partial charge in [-0.3, -0.25) is 4.79 Å². The monoisotopic (exact) mass is 357 g/mol.